The molecule has 0 aromatic heterocycles. The van der Waals surface area contributed by atoms with Crippen LogP contribution in [0.25, 0.3) is 0 Å². The number of amides is 1. The lowest BCUT2D eigenvalue weighted by atomic mass is 10.1. The Balaban J connectivity index is 1.96. The maximum Gasteiger partial charge on any atom is 0.241 e. The molecule has 2 aromatic rings. The number of aryl methyl sites for hydroxylation is 2. The average Bonchev–Trinajstić information content (AvgIpc) is 2.58. The quantitative estimate of drug-likeness (QED) is 0.823. The highest BCUT2D eigenvalue weighted by Crippen LogP contribution is 2.18. The molecule has 2 aromatic carbocycles. The van der Waals surface area contributed by atoms with Crippen LogP contribution < -0.4 is 10.1 Å². The largest absolute Gasteiger partial charge is 0.494 e. The molecule has 0 saturated carbocycles. The van der Waals surface area contributed by atoms with Gasteiger partial charge in [0.2, 0.25) is 5.91 Å². The molecule has 134 valence electrons. The number of benzene rings is 2. The van der Waals surface area contributed by atoms with Crippen LogP contribution in [-0.4, -0.2) is 30.5 Å². The summed E-state index contributed by atoms with van der Waals surface area (Å²) in [5.74, 6) is 0.870. The Morgan fingerprint density at radius 2 is 1.84 bits per heavy atom. The average molecular weight is 340 g/mol. The first-order valence-electron chi connectivity index (χ1n) is 8.70. The van der Waals surface area contributed by atoms with E-state index in [-0.39, 0.29) is 11.9 Å². The lowest BCUT2D eigenvalue weighted by Crippen LogP contribution is -2.39. The van der Waals surface area contributed by atoms with Crippen LogP contribution in [0.15, 0.2) is 42.5 Å². The van der Waals surface area contributed by atoms with Gasteiger partial charge < -0.3 is 10.1 Å². The van der Waals surface area contributed by atoms with E-state index in [0.717, 1.165) is 22.6 Å². The molecule has 0 saturated heterocycles. The van der Waals surface area contributed by atoms with Gasteiger partial charge in [0, 0.05) is 12.2 Å². The number of hydrogen-bond acceptors (Lipinski definition) is 3. The van der Waals surface area contributed by atoms with Crippen LogP contribution in [0.4, 0.5) is 5.69 Å². The molecule has 1 atom stereocenters. The number of anilines is 1. The summed E-state index contributed by atoms with van der Waals surface area (Å²) in [5, 5.41) is 3.03. The smallest absolute Gasteiger partial charge is 0.241 e. The van der Waals surface area contributed by atoms with Crippen molar-refractivity contribution in [2.24, 2.45) is 0 Å². The van der Waals surface area contributed by atoms with Gasteiger partial charge in [0.05, 0.1) is 12.6 Å². The van der Waals surface area contributed by atoms with E-state index in [1.54, 1.807) is 0 Å². The van der Waals surface area contributed by atoms with Crippen molar-refractivity contribution in [3.8, 4) is 5.75 Å². The van der Waals surface area contributed by atoms with Gasteiger partial charge in [-0.2, -0.15) is 0 Å². The van der Waals surface area contributed by atoms with E-state index >= 15 is 0 Å². The van der Waals surface area contributed by atoms with Gasteiger partial charge in [-0.25, -0.2) is 0 Å². The first-order valence-corrected chi connectivity index (χ1v) is 8.70. The van der Waals surface area contributed by atoms with Crippen molar-refractivity contribution >= 4 is 11.6 Å². The summed E-state index contributed by atoms with van der Waals surface area (Å²) in [5.41, 5.74) is 4.29. The van der Waals surface area contributed by atoms with Crippen LogP contribution in [0.1, 0.15) is 30.5 Å². The van der Waals surface area contributed by atoms with Crippen molar-refractivity contribution in [2.75, 3.05) is 19.0 Å². The maximum absolute atomic E-state index is 12.5. The minimum absolute atomic E-state index is 0.000361. The Kier molecular flexibility index (Phi) is 6.59. The van der Waals surface area contributed by atoms with Gasteiger partial charge in [-0.1, -0.05) is 29.8 Å². The molecule has 0 bridgehead atoms. The molecule has 0 aliphatic carbocycles. The highest BCUT2D eigenvalue weighted by atomic mass is 16.5. The van der Waals surface area contributed by atoms with Gasteiger partial charge >= 0.3 is 0 Å². The topological polar surface area (TPSA) is 41.6 Å². The summed E-state index contributed by atoms with van der Waals surface area (Å²) in [6, 6.07) is 13.8. The number of carbonyl (C=O) groups excluding carboxylic acids is 1. The third-order valence-corrected chi connectivity index (χ3v) is 4.35. The number of likely N-dealkylation sites (N-methyl/N-ethyl adjacent to an activating group) is 1. The Bertz CT molecular complexity index is 710. The Hall–Kier alpha value is -2.33. The molecule has 4 nitrogen and oxygen atoms in total. The van der Waals surface area contributed by atoms with Crippen molar-refractivity contribution in [3.05, 3.63) is 59.2 Å². The number of nitrogens with zero attached hydrogens (tertiary/aromatic N) is 1. The standard InChI is InChI=1S/C21H28N2O2/c1-6-25-19-10-8-18(9-11-19)14-23(5)17(4)21(24)22-20-12-7-15(2)13-16(20)3/h7-13,17H,6,14H2,1-5H3,(H,22,24)/t17-/m0/s1. The van der Waals surface area contributed by atoms with Crippen LogP contribution in [0.3, 0.4) is 0 Å². The van der Waals surface area contributed by atoms with Crippen molar-refractivity contribution in [2.45, 2.75) is 40.3 Å². The van der Waals surface area contributed by atoms with Gasteiger partial charge in [-0.05, 0) is 64.1 Å². The van der Waals surface area contributed by atoms with E-state index < -0.39 is 0 Å². The van der Waals surface area contributed by atoms with Gasteiger partial charge in [0.1, 0.15) is 5.75 Å². The fourth-order valence-corrected chi connectivity index (χ4v) is 2.67. The van der Waals surface area contributed by atoms with Gasteiger partial charge in [-0.3, -0.25) is 9.69 Å². The first-order chi connectivity index (χ1) is 11.9. The van der Waals surface area contributed by atoms with Crippen molar-refractivity contribution in [3.63, 3.8) is 0 Å². The summed E-state index contributed by atoms with van der Waals surface area (Å²) in [6.45, 7) is 9.32. The zero-order valence-corrected chi connectivity index (χ0v) is 15.8. The molecular formula is C21H28N2O2. The van der Waals surface area contributed by atoms with Crippen molar-refractivity contribution < 1.29 is 9.53 Å². The van der Waals surface area contributed by atoms with Crippen LogP contribution >= 0.6 is 0 Å². The SMILES string of the molecule is CCOc1ccc(CN(C)[C@@H](C)C(=O)Nc2ccc(C)cc2C)cc1. The second-order valence-corrected chi connectivity index (χ2v) is 6.48. The molecule has 0 heterocycles. The number of nitrogens with one attached hydrogen (secondary N) is 1. The van der Waals surface area contributed by atoms with Crippen LogP contribution in [-0.2, 0) is 11.3 Å². The fraction of sp³-hybridized carbons (Fsp3) is 0.381. The molecular weight excluding hydrogens is 312 g/mol. The molecule has 1 amide bonds. The lowest BCUT2D eigenvalue weighted by molar-refractivity contribution is -0.120. The Morgan fingerprint density at radius 3 is 2.44 bits per heavy atom. The van der Waals surface area contributed by atoms with Crippen molar-refractivity contribution in [1.82, 2.24) is 4.90 Å². The Labute approximate surface area is 150 Å². The summed E-state index contributed by atoms with van der Waals surface area (Å²) in [4.78, 5) is 14.6. The molecule has 1 N–H and O–H groups in total. The first kappa shape index (κ1) is 19.0. The summed E-state index contributed by atoms with van der Waals surface area (Å²) in [7, 11) is 1.96. The number of ether oxygens (including phenoxy) is 1. The third kappa shape index (κ3) is 5.33. The van der Waals surface area contributed by atoms with E-state index in [0.29, 0.717) is 13.2 Å². The number of hydrogen-bond donors (Lipinski definition) is 1. The van der Waals surface area contributed by atoms with E-state index in [4.69, 9.17) is 4.74 Å². The normalized spacial score (nSPS) is 12.1. The van der Waals surface area contributed by atoms with Gasteiger partial charge in [0.15, 0.2) is 0 Å². The van der Waals surface area contributed by atoms with Crippen LogP contribution in [0.5, 0.6) is 5.75 Å². The molecule has 0 spiro atoms. The summed E-state index contributed by atoms with van der Waals surface area (Å²) in [6.07, 6.45) is 0. The maximum atomic E-state index is 12.5. The van der Waals surface area contributed by atoms with E-state index in [2.05, 4.69) is 11.4 Å². The molecule has 4 heteroatoms. The van der Waals surface area contributed by atoms with E-state index in [1.165, 1.54) is 5.56 Å². The van der Waals surface area contributed by atoms with Crippen LogP contribution in [0, 0.1) is 13.8 Å². The molecule has 0 unspecified atom stereocenters. The predicted octanol–water partition coefficient (Wildman–Crippen LogP) is 4.16. The Morgan fingerprint density at radius 1 is 1.16 bits per heavy atom. The van der Waals surface area contributed by atoms with Gasteiger partial charge in [0.25, 0.3) is 0 Å². The van der Waals surface area contributed by atoms with Crippen molar-refractivity contribution in [1.29, 1.82) is 0 Å². The van der Waals surface area contributed by atoms with E-state index in [1.807, 2.05) is 76.0 Å². The zero-order chi connectivity index (χ0) is 18.4. The summed E-state index contributed by atoms with van der Waals surface area (Å²) >= 11 is 0. The third-order valence-electron chi connectivity index (χ3n) is 4.35. The number of rotatable bonds is 7. The second kappa shape index (κ2) is 8.67. The molecule has 0 aliphatic rings. The zero-order valence-electron chi connectivity index (χ0n) is 15.8. The highest BCUT2D eigenvalue weighted by molar-refractivity contribution is 5.95. The monoisotopic (exact) mass is 340 g/mol. The highest BCUT2D eigenvalue weighted by Gasteiger charge is 2.18. The molecule has 0 aliphatic heterocycles. The second-order valence-electron chi connectivity index (χ2n) is 6.48. The van der Waals surface area contributed by atoms with Crippen LogP contribution in [0.2, 0.25) is 0 Å². The summed E-state index contributed by atoms with van der Waals surface area (Å²) < 4.78 is 5.46. The lowest BCUT2D eigenvalue weighted by Gasteiger charge is -2.24. The molecule has 25 heavy (non-hydrogen) atoms. The molecule has 0 radical (unpaired) electrons. The molecule has 2 rings (SSSR count). The van der Waals surface area contributed by atoms with Gasteiger partial charge in [-0.15, -0.1) is 0 Å². The molecule has 0 fully saturated rings. The minimum atomic E-state index is -0.229. The predicted molar refractivity (Wildman–Crippen MR) is 103 cm³/mol. The number of carbonyl (C=O) groups is 1. The van der Waals surface area contributed by atoms with E-state index in [9.17, 15) is 4.79 Å². The minimum Gasteiger partial charge on any atom is -0.494 e. The fourth-order valence-electron chi connectivity index (χ4n) is 2.67.